The van der Waals surface area contributed by atoms with Crippen LogP contribution in [-0.4, -0.2) is 64.5 Å². The van der Waals surface area contributed by atoms with Gasteiger partial charge in [0.25, 0.3) is 17.7 Å². The van der Waals surface area contributed by atoms with E-state index in [1.807, 2.05) is 0 Å². The van der Waals surface area contributed by atoms with E-state index in [0.29, 0.717) is 10.5 Å². The topological polar surface area (TPSA) is 114 Å². The maximum Gasteiger partial charge on any atom is 0.278 e. The molecule has 0 radical (unpaired) electrons. The number of ether oxygens (including phenoxy) is 1. The Balaban J connectivity index is 1.48. The third kappa shape index (κ3) is 6.46. The van der Waals surface area contributed by atoms with Gasteiger partial charge in [-0.15, -0.1) is 10.2 Å². The van der Waals surface area contributed by atoms with Crippen LogP contribution < -0.4 is 10.6 Å². The van der Waals surface area contributed by atoms with Gasteiger partial charge in [-0.3, -0.25) is 19.3 Å². The summed E-state index contributed by atoms with van der Waals surface area (Å²) in [5, 5.41) is 13.1. The van der Waals surface area contributed by atoms with Crippen LogP contribution in [0.1, 0.15) is 65.9 Å². The average molecular weight is 536 g/mol. The predicted molar refractivity (Wildman–Crippen MR) is 132 cm³/mol. The highest BCUT2D eigenvalue weighted by Crippen LogP contribution is 2.30. The van der Waals surface area contributed by atoms with E-state index >= 15 is 8.78 Å². The van der Waals surface area contributed by atoms with Gasteiger partial charge in [0, 0.05) is 11.0 Å². The van der Waals surface area contributed by atoms with E-state index in [9.17, 15) is 14.4 Å². The number of aromatic nitrogens is 2. The van der Waals surface area contributed by atoms with Crippen LogP contribution in [0.25, 0.3) is 0 Å². The number of imide groups is 1. The van der Waals surface area contributed by atoms with Gasteiger partial charge < -0.3 is 15.4 Å². The lowest BCUT2D eigenvalue weighted by Crippen LogP contribution is -2.47. The highest BCUT2D eigenvalue weighted by Gasteiger charge is 2.42. The summed E-state index contributed by atoms with van der Waals surface area (Å²) < 4.78 is 35.9. The summed E-state index contributed by atoms with van der Waals surface area (Å²) in [5.74, 6) is -5.15. The van der Waals surface area contributed by atoms with Gasteiger partial charge in [0.1, 0.15) is 0 Å². The average Bonchev–Trinajstić information content (AvgIpc) is 3.63. The second-order valence-electron chi connectivity index (χ2n) is 10.2. The van der Waals surface area contributed by atoms with Gasteiger partial charge in [0.2, 0.25) is 5.91 Å². The summed E-state index contributed by atoms with van der Waals surface area (Å²) in [6.07, 6.45) is 1.78. The molecule has 1 saturated carbocycles. The molecular weight excluding hydrogens is 508 g/mol. The zero-order valence-corrected chi connectivity index (χ0v) is 21.4. The fourth-order valence-electron chi connectivity index (χ4n) is 3.67. The number of fused-ring (bicyclic) bond motifs is 1. The lowest BCUT2D eigenvalue weighted by atomic mass is 9.96. The van der Waals surface area contributed by atoms with Crippen molar-refractivity contribution in [1.82, 2.24) is 20.4 Å². The van der Waals surface area contributed by atoms with Crippen molar-refractivity contribution in [2.24, 2.45) is 5.41 Å². The minimum atomic E-state index is -3.46. The van der Waals surface area contributed by atoms with Crippen molar-refractivity contribution < 1.29 is 27.9 Å². The molecule has 0 spiro atoms. The smallest absolute Gasteiger partial charge is 0.278 e. The monoisotopic (exact) mass is 535 g/mol. The van der Waals surface area contributed by atoms with Gasteiger partial charge in [-0.1, -0.05) is 44.5 Å². The number of carbonyl (C=O) groups excluding carboxylic acids is 3. The quantitative estimate of drug-likeness (QED) is 0.444. The van der Waals surface area contributed by atoms with Crippen LogP contribution >= 0.6 is 11.6 Å². The van der Waals surface area contributed by atoms with Crippen LogP contribution in [0.2, 0.25) is 5.15 Å². The number of benzene rings is 1. The zero-order chi connectivity index (χ0) is 27.0. The summed E-state index contributed by atoms with van der Waals surface area (Å²) in [5.41, 5.74) is -0.170. The fourth-order valence-corrected chi connectivity index (χ4v) is 3.89. The highest BCUT2D eigenvalue weighted by atomic mass is 35.5. The summed E-state index contributed by atoms with van der Waals surface area (Å²) >= 11 is 6.26. The zero-order valence-electron chi connectivity index (χ0n) is 20.7. The van der Waals surface area contributed by atoms with Crippen LogP contribution in [0.5, 0.6) is 0 Å². The van der Waals surface area contributed by atoms with E-state index in [4.69, 9.17) is 16.3 Å². The molecular formula is C25H28ClF2N5O4. The molecule has 12 heteroatoms. The number of halogens is 3. The molecule has 2 heterocycles. The van der Waals surface area contributed by atoms with Gasteiger partial charge in [-0.2, -0.15) is 0 Å². The van der Waals surface area contributed by atoms with Crippen molar-refractivity contribution in [3.63, 3.8) is 0 Å². The standard InChI is InChI=1S/C25H28ClF2N5O4/c1-24(2,3)23(36)30-19-10-17(20(26)32-31-19)18(11-37-14-8-9-14)29-12-25(27,28)13-33-21(34)15-6-4-5-7-16(15)22(33)35/h4-7,10,14,18,29H,8-9,11-13H2,1-3H3,(H,30,31,36). The third-order valence-corrected chi connectivity index (χ3v) is 6.27. The molecule has 37 heavy (non-hydrogen) atoms. The van der Waals surface area contributed by atoms with Crippen molar-refractivity contribution in [2.75, 3.05) is 25.0 Å². The Kier molecular flexibility index (Phi) is 7.59. The summed E-state index contributed by atoms with van der Waals surface area (Å²) in [6.45, 7) is 3.26. The Morgan fingerprint density at radius 1 is 1.16 bits per heavy atom. The van der Waals surface area contributed by atoms with E-state index in [2.05, 4.69) is 20.8 Å². The number of rotatable bonds is 10. The first kappa shape index (κ1) is 27.0. The number of alkyl halides is 2. The van der Waals surface area contributed by atoms with Crippen molar-refractivity contribution in [1.29, 1.82) is 0 Å². The van der Waals surface area contributed by atoms with E-state index in [0.717, 1.165) is 12.8 Å². The second-order valence-corrected chi connectivity index (χ2v) is 10.6. The Morgan fingerprint density at radius 2 is 1.78 bits per heavy atom. The third-order valence-electron chi connectivity index (χ3n) is 5.97. The van der Waals surface area contributed by atoms with Crippen molar-refractivity contribution in [3.05, 3.63) is 52.2 Å². The summed E-state index contributed by atoms with van der Waals surface area (Å²) in [7, 11) is 0. The number of nitrogens with one attached hydrogen (secondary N) is 2. The molecule has 1 aliphatic heterocycles. The molecule has 1 aromatic carbocycles. The van der Waals surface area contributed by atoms with Gasteiger partial charge in [0.15, 0.2) is 11.0 Å². The molecule has 2 N–H and O–H groups in total. The van der Waals surface area contributed by atoms with Gasteiger partial charge in [-0.05, 0) is 31.0 Å². The predicted octanol–water partition coefficient (Wildman–Crippen LogP) is 3.86. The number of anilines is 1. The second kappa shape index (κ2) is 10.4. The molecule has 2 aliphatic rings. The van der Waals surface area contributed by atoms with Crippen LogP contribution in [0.4, 0.5) is 14.6 Å². The minimum Gasteiger partial charge on any atom is -0.376 e. The maximum absolute atomic E-state index is 15.0. The number of amides is 3. The number of hydrogen-bond donors (Lipinski definition) is 2. The summed E-state index contributed by atoms with van der Waals surface area (Å²) in [4.78, 5) is 38.0. The molecule has 1 fully saturated rings. The molecule has 4 rings (SSSR count). The molecule has 1 aromatic heterocycles. The Hall–Kier alpha value is -3.02. The van der Waals surface area contributed by atoms with Crippen molar-refractivity contribution >= 4 is 35.1 Å². The first-order chi connectivity index (χ1) is 17.4. The fraction of sp³-hybridized carbons (Fsp3) is 0.480. The molecule has 1 unspecified atom stereocenters. The number of hydrogen-bond acceptors (Lipinski definition) is 7. The van der Waals surface area contributed by atoms with Crippen LogP contribution in [-0.2, 0) is 9.53 Å². The molecule has 9 nitrogen and oxygen atoms in total. The summed E-state index contributed by atoms with van der Waals surface area (Å²) in [6, 6.07) is 6.67. The Labute approximate surface area is 217 Å². The molecule has 0 saturated heterocycles. The van der Waals surface area contributed by atoms with Crippen LogP contribution in [0.3, 0.4) is 0 Å². The van der Waals surface area contributed by atoms with E-state index < -0.39 is 42.3 Å². The molecule has 0 bridgehead atoms. The van der Waals surface area contributed by atoms with E-state index in [-0.39, 0.29) is 40.7 Å². The molecule has 2 aromatic rings. The first-order valence-corrected chi connectivity index (χ1v) is 12.3. The van der Waals surface area contributed by atoms with E-state index in [1.165, 1.54) is 18.2 Å². The van der Waals surface area contributed by atoms with Crippen molar-refractivity contribution in [2.45, 2.75) is 51.7 Å². The SMILES string of the molecule is CC(C)(C)C(=O)Nc1cc(C(COC2CC2)NCC(F)(F)CN2C(=O)c3ccccc3C2=O)c(Cl)nn1. The largest absolute Gasteiger partial charge is 0.376 e. The maximum atomic E-state index is 15.0. The first-order valence-electron chi connectivity index (χ1n) is 11.9. The van der Waals surface area contributed by atoms with Gasteiger partial charge in [-0.25, -0.2) is 8.78 Å². The Bertz CT molecular complexity index is 1180. The van der Waals surface area contributed by atoms with Gasteiger partial charge >= 0.3 is 0 Å². The van der Waals surface area contributed by atoms with Crippen LogP contribution in [0.15, 0.2) is 30.3 Å². The van der Waals surface area contributed by atoms with E-state index in [1.54, 1.807) is 32.9 Å². The van der Waals surface area contributed by atoms with Gasteiger partial charge in [0.05, 0.1) is 43.0 Å². The minimum absolute atomic E-state index is 0.0197. The number of carbonyl (C=O) groups is 3. The Morgan fingerprint density at radius 3 is 2.35 bits per heavy atom. The molecule has 1 aliphatic carbocycles. The normalized spacial score (nSPS) is 16.6. The van der Waals surface area contributed by atoms with Crippen LogP contribution in [0, 0.1) is 5.41 Å². The molecule has 3 amide bonds. The number of nitrogens with zero attached hydrogens (tertiary/aromatic N) is 3. The molecule has 198 valence electrons. The lowest BCUT2D eigenvalue weighted by molar-refractivity contribution is -0.123. The lowest BCUT2D eigenvalue weighted by Gasteiger charge is -2.26. The highest BCUT2D eigenvalue weighted by molar-refractivity contribution is 6.30. The van der Waals surface area contributed by atoms with Crippen molar-refractivity contribution in [3.8, 4) is 0 Å². The molecule has 1 atom stereocenters.